The number of benzene rings is 2. The molecule has 2 N–H and O–H groups in total. The van der Waals surface area contributed by atoms with Gasteiger partial charge in [-0.3, -0.25) is 14.3 Å². The summed E-state index contributed by atoms with van der Waals surface area (Å²) in [4.78, 5) is 27.6. The highest BCUT2D eigenvalue weighted by atomic mass is 32.2. The monoisotopic (exact) mass is 457 g/mol. The molecule has 1 saturated heterocycles. The number of nitrogens with zero attached hydrogens (tertiary/aromatic N) is 1. The van der Waals surface area contributed by atoms with Crippen molar-refractivity contribution in [2.24, 2.45) is 0 Å². The number of sulfonamides is 1. The van der Waals surface area contributed by atoms with Crippen molar-refractivity contribution in [2.45, 2.75) is 63.9 Å². The van der Waals surface area contributed by atoms with E-state index in [2.05, 4.69) is 10.0 Å². The van der Waals surface area contributed by atoms with Gasteiger partial charge in [-0.15, -0.1) is 0 Å². The second-order valence-corrected chi connectivity index (χ2v) is 10.1. The molecule has 0 aromatic heterocycles. The number of carbonyl (C=O) groups is 2. The smallest absolute Gasteiger partial charge is 0.262 e. The summed E-state index contributed by atoms with van der Waals surface area (Å²) in [6, 6.07) is 11.2. The van der Waals surface area contributed by atoms with Gasteiger partial charge < -0.3 is 10.2 Å². The van der Waals surface area contributed by atoms with Gasteiger partial charge in [0.05, 0.1) is 4.90 Å². The Morgan fingerprint density at radius 2 is 1.91 bits per heavy atom. The number of nitrogens with one attached hydrogen (secondary N) is 2. The Morgan fingerprint density at radius 3 is 2.62 bits per heavy atom. The van der Waals surface area contributed by atoms with E-state index in [9.17, 15) is 18.0 Å². The standard InChI is InChI=1S/C24H31N3O4S/c1-5-18(4)25-23(28)21-10-7-13-27(21)24(29)19-8-6-9-20(15-19)26-32(30,31)22-14-16(2)11-12-17(22)3/h6,8-9,11-12,14-15,18,21,26H,5,7,10,13H2,1-4H3,(H,25,28). The number of amides is 2. The third-order valence-corrected chi connectivity index (χ3v) is 7.34. The molecular weight excluding hydrogens is 426 g/mol. The number of likely N-dealkylation sites (tertiary alicyclic amines) is 1. The van der Waals surface area contributed by atoms with Crippen LogP contribution < -0.4 is 10.0 Å². The van der Waals surface area contributed by atoms with E-state index in [0.717, 1.165) is 18.4 Å². The molecule has 32 heavy (non-hydrogen) atoms. The van der Waals surface area contributed by atoms with Crippen molar-refractivity contribution in [3.8, 4) is 0 Å². The maximum Gasteiger partial charge on any atom is 0.262 e. The van der Waals surface area contributed by atoms with Gasteiger partial charge in [0.25, 0.3) is 15.9 Å². The molecule has 0 bridgehead atoms. The summed E-state index contributed by atoms with van der Waals surface area (Å²) in [6.07, 6.45) is 2.19. The predicted molar refractivity (Wildman–Crippen MR) is 125 cm³/mol. The molecule has 0 aliphatic carbocycles. The van der Waals surface area contributed by atoms with Crippen LogP contribution in [0.2, 0.25) is 0 Å². The van der Waals surface area contributed by atoms with Gasteiger partial charge in [-0.1, -0.05) is 25.1 Å². The fourth-order valence-electron chi connectivity index (χ4n) is 3.81. The van der Waals surface area contributed by atoms with E-state index in [-0.39, 0.29) is 22.8 Å². The number of carbonyl (C=O) groups excluding carboxylic acids is 2. The Balaban J connectivity index is 1.80. The molecular formula is C24H31N3O4S. The second-order valence-electron chi connectivity index (χ2n) is 8.43. The highest BCUT2D eigenvalue weighted by molar-refractivity contribution is 7.92. The Labute approximate surface area is 190 Å². The van der Waals surface area contributed by atoms with Crippen LogP contribution in [0.5, 0.6) is 0 Å². The van der Waals surface area contributed by atoms with Crippen molar-refractivity contribution in [1.29, 1.82) is 0 Å². The minimum Gasteiger partial charge on any atom is -0.352 e. The average molecular weight is 458 g/mol. The fourth-order valence-corrected chi connectivity index (χ4v) is 5.19. The molecule has 2 aromatic rings. The lowest BCUT2D eigenvalue weighted by molar-refractivity contribution is -0.125. The maximum absolute atomic E-state index is 13.2. The first-order valence-corrected chi connectivity index (χ1v) is 12.4. The Hall–Kier alpha value is -2.87. The van der Waals surface area contributed by atoms with Crippen LogP contribution in [0.25, 0.3) is 0 Å². The topological polar surface area (TPSA) is 95.6 Å². The van der Waals surface area contributed by atoms with Gasteiger partial charge in [-0.2, -0.15) is 0 Å². The summed E-state index contributed by atoms with van der Waals surface area (Å²) in [5, 5.41) is 2.95. The zero-order chi connectivity index (χ0) is 23.5. The van der Waals surface area contributed by atoms with Gasteiger partial charge in [0, 0.05) is 23.8 Å². The molecule has 3 rings (SSSR count). The molecule has 8 heteroatoms. The lowest BCUT2D eigenvalue weighted by atomic mass is 10.1. The summed E-state index contributed by atoms with van der Waals surface area (Å²) < 4.78 is 28.4. The SMILES string of the molecule is CCC(C)NC(=O)C1CCCN1C(=O)c1cccc(NS(=O)(=O)c2cc(C)ccc2C)c1. The first kappa shape index (κ1) is 23.8. The van der Waals surface area contributed by atoms with Crippen molar-refractivity contribution >= 4 is 27.5 Å². The third kappa shape index (κ3) is 5.30. The summed E-state index contributed by atoms with van der Waals surface area (Å²) >= 11 is 0. The van der Waals surface area contributed by atoms with Crippen LogP contribution in [0.1, 0.15) is 54.6 Å². The van der Waals surface area contributed by atoms with Crippen LogP contribution >= 0.6 is 0 Å². The van der Waals surface area contributed by atoms with Crippen molar-refractivity contribution < 1.29 is 18.0 Å². The first-order chi connectivity index (χ1) is 15.1. The molecule has 172 valence electrons. The van der Waals surface area contributed by atoms with Crippen molar-refractivity contribution in [1.82, 2.24) is 10.2 Å². The fraction of sp³-hybridized carbons (Fsp3) is 0.417. The quantitative estimate of drug-likeness (QED) is 0.664. The number of hydrogen-bond acceptors (Lipinski definition) is 4. The Morgan fingerprint density at radius 1 is 1.16 bits per heavy atom. The highest BCUT2D eigenvalue weighted by Crippen LogP contribution is 2.24. The molecule has 1 fully saturated rings. The summed E-state index contributed by atoms with van der Waals surface area (Å²) in [6.45, 7) is 8.00. The minimum atomic E-state index is -3.81. The zero-order valence-electron chi connectivity index (χ0n) is 19.0. The largest absolute Gasteiger partial charge is 0.352 e. The third-order valence-electron chi connectivity index (χ3n) is 5.81. The van der Waals surface area contributed by atoms with Gasteiger partial charge >= 0.3 is 0 Å². The maximum atomic E-state index is 13.2. The molecule has 0 radical (unpaired) electrons. The normalized spacial score (nSPS) is 17.1. The van der Waals surface area contributed by atoms with Crippen LogP contribution in [-0.4, -0.2) is 43.8 Å². The predicted octanol–water partition coefficient (Wildman–Crippen LogP) is 3.62. The van der Waals surface area contributed by atoms with Crippen molar-refractivity contribution in [3.63, 3.8) is 0 Å². The second kappa shape index (κ2) is 9.73. The average Bonchev–Trinajstić information content (AvgIpc) is 3.24. The van der Waals surface area contributed by atoms with E-state index in [0.29, 0.717) is 29.8 Å². The van der Waals surface area contributed by atoms with E-state index in [4.69, 9.17) is 0 Å². The van der Waals surface area contributed by atoms with Gasteiger partial charge in [-0.25, -0.2) is 8.42 Å². The van der Waals surface area contributed by atoms with Crippen LogP contribution in [0.4, 0.5) is 5.69 Å². The van der Waals surface area contributed by atoms with Crippen LogP contribution in [0.3, 0.4) is 0 Å². The minimum absolute atomic E-state index is 0.0443. The van der Waals surface area contributed by atoms with Gasteiger partial charge in [0.1, 0.15) is 6.04 Å². The molecule has 1 aliphatic heterocycles. The molecule has 0 saturated carbocycles. The van der Waals surface area contributed by atoms with Crippen LogP contribution in [0, 0.1) is 13.8 Å². The molecule has 2 amide bonds. The highest BCUT2D eigenvalue weighted by Gasteiger charge is 2.35. The summed E-state index contributed by atoms with van der Waals surface area (Å²) in [5.74, 6) is -0.420. The van der Waals surface area contributed by atoms with Crippen LogP contribution in [-0.2, 0) is 14.8 Å². The number of hydrogen-bond donors (Lipinski definition) is 2. The lowest BCUT2D eigenvalue weighted by Crippen LogP contribution is -2.48. The molecule has 1 heterocycles. The first-order valence-electron chi connectivity index (χ1n) is 10.9. The number of rotatable bonds is 7. The van der Waals surface area contributed by atoms with Gasteiger partial charge in [-0.05, 0) is 75.4 Å². The van der Waals surface area contributed by atoms with Crippen molar-refractivity contribution in [2.75, 3.05) is 11.3 Å². The molecule has 2 aromatic carbocycles. The van der Waals surface area contributed by atoms with E-state index >= 15 is 0 Å². The van der Waals surface area contributed by atoms with Crippen LogP contribution in [0.15, 0.2) is 47.4 Å². The Bertz CT molecular complexity index is 1110. The molecule has 0 spiro atoms. The molecule has 2 atom stereocenters. The van der Waals surface area contributed by atoms with E-state index in [1.54, 1.807) is 42.2 Å². The number of anilines is 1. The molecule has 1 aliphatic rings. The van der Waals surface area contributed by atoms with E-state index in [1.807, 2.05) is 26.8 Å². The summed E-state index contributed by atoms with van der Waals surface area (Å²) in [7, 11) is -3.81. The number of aryl methyl sites for hydroxylation is 2. The van der Waals surface area contributed by atoms with E-state index < -0.39 is 16.1 Å². The lowest BCUT2D eigenvalue weighted by Gasteiger charge is -2.25. The Kier molecular flexibility index (Phi) is 7.23. The summed E-state index contributed by atoms with van der Waals surface area (Å²) in [5.41, 5.74) is 2.13. The molecule has 2 unspecified atom stereocenters. The molecule has 7 nitrogen and oxygen atoms in total. The zero-order valence-corrected chi connectivity index (χ0v) is 19.8. The van der Waals surface area contributed by atoms with Gasteiger partial charge in [0.2, 0.25) is 5.91 Å². The van der Waals surface area contributed by atoms with Crippen molar-refractivity contribution in [3.05, 3.63) is 59.2 Å². The van der Waals surface area contributed by atoms with E-state index in [1.165, 1.54) is 6.07 Å². The van der Waals surface area contributed by atoms with Gasteiger partial charge in [0.15, 0.2) is 0 Å².